The molecule has 0 unspecified atom stereocenters. The van der Waals surface area contributed by atoms with Gasteiger partial charge in [-0.05, 0) is 24.6 Å². The molecular weight excluding hydrogens is 250 g/mol. The normalized spacial score (nSPS) is 10.3. The number of benzene rings is 2. The van der Waals surface area contributed by atoms with Gasteiger partial charge in [0.25, 0.3) is 5.69 Å². The molecule has 0 bridgehead atoms. The van der Waals surface area contributed by atoms with Crippen LogP contribution in [0.4, 0.5) is 5.69 Å². The van der Waals surface area contributed by atoms with E-state index in [0.29, 0.717) is 17.0 Å². The highest BCUT2D eigenvalue weighted by Crippen LogP contribution is 2.25. The summed E-state index contributed by atoms with van der Waals surface area (Å²) in [5.74, 6) is 0. The Balaban J connectivity index is 2.42. The highest BCUT2D eigenvalue weighted by atomic mass is 35.5. The van der Waals surface area contributed by atoms with Crippen LogP contribution in [-0.4, -0.2) is 4.92 Å². The van der Waals surface area contributed by atoms with E-state index in [4.69, 9.17) is 11.6 Å². The second-order valence-corrected chi connectivity index (χ2v) is 4.56. The van der Waals surface area contributed by atoms with Crippen molar-refractivity contribution in [2.24, 2.45) is 0 Å². The molecule has 0 radical (unpaired) electrons. The van der Waals surface area contributed by atoms with Crippen molar-refractivity contribution in [2.45, 2.75) is 13.3 Å². The summed E-state index contributed by atoms with van der Waals surface area (Å²) < 4.78 is 0. The molecule has 0 aliphatic heterocycles. The number of halogens is 1. The van der Waals surface area contributed by atoms with Crippen molar-refractivity contribution in [3.05, 3.63) is 74.3 Å². The van der Waals surface area contributed by atoms with Gasteiger partial charge in [-0.25, -0.2) is 0 Å². The topological polar surface area (TPSA) is 43.1 Å². The van der Waals surface area contributed by atoms with Crippen LogP contribution >= 0.6 is 11.6 Å². The van der Waals surface area contributed by atoms with E-state index in [1.54, 1.807) is 18.2 Å². The van der Waals surface area contributed by atoms with Crippen molar-refractivity contribution in [3.8, 4) is 0 Å². The van der Waals surface area contributed by atoms with Gasteiger partial charge in [0, 0.05) is 23.1 Å². The average Bonchev–Trinajstić information content (AvgIpc) is 2.32. The first-order chi connectivity index (χ1) is 8.58. The molecule has 0 atom stereocenters. The molecule has 0 aliphatic carbocycles. The van der Waals surface area contributed by atoms with Gasteiger partial charge < -0.3 is 0 Å². The molecule has 2 aromatic rings. The first kappa shape index (κ1) is 12.6. The van der Waals surface area contributed by atoms with Crippen LogP contribution in [0.25, 0.3) is 0 Å². The SMILES string of the molecule is Cc1ccc([N+](=O)[O-])c(Cc2ccccc2Cl)c1. The first-order valence-electron chi connectivity index (χ1n) is 5.55. The predicted octanol–water partition coefficient (Wildman–Crippen LogP) is 4.15. The average molecular weight is 262 g/mol. The molecule has 2 aromatic carbocycles. The number of hydrogen-bond donors (Lipinski definition) is 0. The van der Waals surface area contributed by atoms with Gasteiger partial charge in [-0.1, -0.05) is 41.4 Å². The van der Waals surface area contributed by atoms with Crippen molar-refractivity contribution in [1.29, 1.82) is 0 Å². The minimum atomic E-state index is -0.356. The third-order valence-corrected chi connectivity index (χ3v) is 3.14. The van der Waals surface area contributed by atoms with Crippen LogP contribution in [-0.2, 0) is 6.42 Å². The highest BCUT2D eigenvalue weighted by molar-refractivity contribution is 6.31. The molecule has 18 heavy (non-hydrogen) atoms. The number of rotatable bonds is 3. The van der Waals surface area contributed by atoms with Crippen LogP contribution in [0.15, 0.2) is 42.5 Å². The van der Waals surface area contributed by atoms with Gasteiger partial charge in [0.2, 0.25) is 0 Å². The Bertz CT molecular complexity index is 596. The van der Waals surface area contributed by atoms with Crippen molar-refractivity contribution >= 4 is 17.3 Å². The van der Waals surface area contributed by atoms with Gasteiger partial charge in [0.05, 0.1) is 4.92 Å². The van der Waals surface area contributed by atoms with Gasteiger partial charge >= 0.3 is 0 Å². The van der Waals surface area contributed by atoms with E-state index in [1.807, 2.05) is 31.2 Å². The Labute approximate surface area is 110 Å². The van der Waals surface area contributed by atoms with Crippen LogP contribution in [0.2, 0.25) is 5.02 Å². The van der Waals surface area contributed by atoms with Gasteiger partial charge in [-0.3, -0.25) is 10.1 Å². The second kappa shape index (κ2) is 5.19. The van der Waals surface area contributed by atoms with Gasteiger partial charge in [-0.15, -0.1) is 0 Å². The molecule has 3 nitrogen and oxygen atoms in total. The molecule has 0 N–H and O–H groups in total. The fourth-order valence-electron chi connectivity index (χ4n) is 1.88. The maximum absolute atomic E-state index is 11.0. The second-order valence-electron chi connectivity index (χ2n) is 4.16. The van der Waals surface area contributed by atoms with Crippen molar-refractivity contribution in [2.75, 3.05) is 0 Å². The van der Waals surface area contributed by atoms with E-state index in [1.165, 1.54) is 0 Å². The molecule has 92 valence electrons. The zero-order chi connectivity index (χ0) is 13.1. The summed E-state index contributed by atoms with van der Waals surface area (Å²) in [6, 6.07) is 12.5. The van der Waals surface area contributed by atoms with Gasteiger partial charge in [0.1, 0.15) is 0 Å². The molecule has 0 aromatic heterocycles. The summed E-state index contributed by atoms with van der Waals surface area (Å²) in [6.07, 6.45) is 0.470. The van der Waals surface area contributed by atoms with E-state index in [0.717, 1.165) is 11.1 Å². The summed E-state index contributed by atoms with van der Waals surface area (Å²) in [7, 11) is 0. The van der Waals surface area contributed by atoms with E-state index in [2.05, 4.69) is 0 Å². The minimum absolute atomic E-state index is 0.139. The van der Waals surface area contributed by atoms with E-state index in [-0.39, 0.29) is 10.6 Å². The largest absolute Gasteiger partial charge is 0.272 e. The number of aryl methyl sites for hydroxylation is 1. The summed E-state index contributed by atoms with van der Waals surface area (Å²) in [4.78, 5) is 10.6. The Morgan fingerprint density at radius 1 is 1.17 bits per heavy atom. The number of hydrogen-bond acceptors (Lipinski definition) is 2. The lowest BCUT2D eigenvalue weighted by Gasteiger charge is -2.06. The first-order valence-corrected chi connectivity index (χ1v) is 5.93. The van der Waals surface area contributed by atoms with Crippen LogP contribution in [0.3, 0.4) is 0 Å². The molecule has 2 rings (SSSR count). The van der Waals surface area contributed by atoms with Crippen LogP contribution < -0.4 is 0 Å². The smallest absolute Gasteiger partial charge is 0.258 e. The molecule has 4 heteroatoms. The number of nitro groups is 1. The molecule has 0 saturated carbocycles. The van der Waals surface area contributed by atoms with Crippen LogP contribution in [0, 0.1) is 17.0 Å². The lowest BCUT2D eigenvalue weighted by molar-refractivity contribution is -0.385. The molecule has 0 aliphatic rings. The molecule has 0 saturated heterocycles. The fraction of sp³-hybridized carbons (Fsp3) is 0.143. The predicted molar refractivity (Wildman–Crippen MR) is 72.1 cm³/mol. The van der Waals surface area contributed by atoms with Crippen molar-refractivity contribution in [1.82, 2.24) is 0 Å². The van der Waals surface area contributed by atoms with Crippen molar-refractivity contribution in [3.63, 3.8) is 0 Å². The van der Waals surface area contributed by atoms with E-state index < -0.39 is 0 Å². The van der Waals surface area contributed by atoms with Crippen LogP contribution in [0.1, 0.15) is 16.7 Å². The summed E-state index contributed by atoms with van der Waals surface area (Å²) in [5, 5.41) is 11.6. The lowest BCUT2D eigenvalue weighted by Crippen LogP contribution is -1.97. The Hall–Kier alpha value is -1.87. The maximum Gasteiger partial charge on any atom is 0.272 e. The monoisotopic (exact) mass is 261 g/mol. The third kappa shape index (κ3) is 2.68. The standard InChI is InChI=1S/C14H12ClNO2/c1-10-6-7-14(16(17)18)12(8-10)9-11-4-2-3-5-13(11)15/h2-8H,9H2,1H3. The zero-order valence-electron chi connectivity index (χ0n) is 9.89. The van der Waals surface area contributed by atoms with Crippen LogP contribution in [0.5, 0.6) is 0 Å². The third-order valence-electron chi connectivity index (χ3n) is 2.77. The fourth-order valence-corrected chi connectivity index (χ4v) is 2.08. The maximum atomic E-state index is 11.0. The van der Waals surface area contributed by atoms with Crippen molar-refractivity contribution < 1.29 is 4.92 Å². The van der Waals surface area contributed by atoms with E-state index >= 15 is 0 Å². The summed E-state index contributed by atoms with van der Waals surface area (Å²) in [6.45, 7) is 1.92. The Morgan fingerprint density at radius 3 is 2.56 bits per heavy atom. The summed E-state index contributed by atoms with van der Waals surface area (Å²) in [5.41, 5.74) is 2.73. The molecule has 0 spiro atoms. The quantitative estimate of drug-likeness (QED) is 0.615. The number of nitro benzene ring substituents is 1. The summed E-state index contributed by atoms with van der Waals surface area (Å²) >= 11 is 6.08. The zero-order valence-corrected chi connectivity index (χ0v) is 10.6. The molecule has 0 amide bonds. The minimum Gasteiger partial charge on any atom is -0.258 e. The molecule has 0 fully saturated rings. The number of nitrogens with zero attached hydrogens (tertiary/aromatic N) is 1. The molecular formula is C14H12ClNO2. The van der Waals surface area contributed by atoms with Gasteiger partial charge in [-0.2, -0.15) is 0 Å². The highest BCUT2D eigenvalue weighted by Gasteiger charge is 2.14. The lowest BCUT2D eigenvalue weighted by atomic mass is 10.0. The molecule has 0 heterocycles. The Kier molecular flexibility index (Phi) is 3.63. The Morgan fingerprint density at radius 2 is 1.89 bits per heavy atom. The van der Waals surface area contributed by atoms with Gasteiger partial charge in [0.15, 0.2) is 0 Å². The van der Waals surface area contributed by atoms with E-state index in [9.17, 15) is 10.1 Å².